The maximum Gasteiger partial charge on any atom is 0.0661 e. The molecule has 0 heterocycles. The van der Waals surface area contributed by atoms with Crippen LogP contribution in [0.2, 0.25) is 0 Å². The normalized spacial score (nSPS) is 26.7. The highest BCUT2D eigenvalue weighted by Gasteiger charge is 2.35. The fourth-order valence-corrected chi connectivity index (χ4v) is 3.29. The first-order valence-electron chi connectivity index (χ1n) is 7.10. The van der Waals surface area contributed by atoms with E-state index in [1.54, 1.807) is 0 Å². The van der Waals surface area contributed by atoms with Gasteiger partial charge in [0.05, 0.1) is 12.1 Å². The predicted octanol–water partition coefficient (Wildman–Crippen LogP) is 4.58. The van der Waals surface area contributed by atoms with Crippen molar-refractivity contribution in [3.8, 4) is 0 Å². The van der Waals surface area contributed by atoms with Crippen molar-refractivity contribution in [3.63, 3.8) is 0 Å². The van der Waals surface area contributed by atoms with Crippen molar-refractivity contribution in [1.82, 2.24) is 0 Å². The van der Waals surface area contributed by atoms with Crippen LogP contribution in [0.15, 0.2) is 28.7 Å². The molecule has 1 atom stereocenters. The van der Waals surface area contributed by atoms with E-state index in [9.17, 15) is 5.11 Å². The zero-order valence-corrected chi connectivity index (χ0v) is 13.5. The van der Waals surface area contributed by atoms with Crippen LogP contribution in [-0.4, -0.2) is 17.3 Å². The first-order chi connectivity index (χ1) is 8.96. The molecule has 1 fully saturated rings. The lowest BCUT2D eigenvalue weighted by molar-refractivity contribution is 0.191. The molecule has 1 aliphatic rings. The van der Waals surface area contributed by atoms with Crippen LogP contribution in [0, 0.1) is 5.41 Å². The van der Waals surface area contributed by atoms with Crippen LogP contribution in [0.1, 0.15) is 46.0 Å². The summed E-state index contributed by atoms with van der Waals surface area (Å²) in [5.74, 6) is 0. The van der Waals surface area contributed by atoms with Gasteiger partial charge < -0.3 is 10.4 Å². The number of halogens is 1. The van der Waals surface area contributed by atoms with Gasteiger partial charge in [0, 0.05) is 10.2 Å². The van der Waals surface area contributed by atoms with Gasteiger partial charge >= 0.3 is 0 Å². The van der Waals surface area contributed by atoms with E-state index in [-0.39, 0.29) is 12.1 Å². The van der Waals surface area contributed by atoms with Gasteiger partial charge in [-0.2, -0.15) is 0 Å². The summed E-state index contributed by atoms with van der Waals surface area (Å²) >= 11 is 3.57. The first-order valence-corrected chi connectivity index (χ1v) is 7.89. The Balaban J connectivity index is 2.17. The Hall–Kier alpha value is -0.540. The molecule has 106 valence electrons. The number of nitrogens with one attached hydrogen (secondary N) is 1. The van der Waals surface area contributed by atoms with Crippen molar-refractivity contribution in [2.24, 2.45) is 5.41 Å². The van der Waals surface area contributed by atoms with Gasteiger partial charge in [0.1, 0.15) is 0 Å². The summed E-state index contributed by atoms with van der Waals surface area (Å²) in [7, 11) is 0. The SMILES string of the molecule is CC1(C)CCCC(CO)(Nc2ccccc2Br)CC1. The van der Waals surface area contributed by atoms with E-state index in [0.29, 0.717) is 5.41 Å². The van der Waals surface area contributed by atoms with Crippen LogP contribution in [0.25, 0.3) is 0 Å². The molecule has 19 heavy (non-hydrogen) atoms. The van der Waals surface area contributed by atoms with E-state index in [2.05, 4.69) is 41.2 Å². The molecule has 0 amide bonds. The molecule has 1 aliphatic carbocycles. The summed E-state index contributed by atoms with van der Waals surface area (Å²) in [5, 5.41) is 13.5. The van der Waals surface area contributed by atoms with E-state index >= 15 is 0 Å². The molecule has 0 bridgehead atoms. The van der Waals surface area contributed by atoms with Crippen LogP contribution in [-0.2, 0) is 0 Å². The Labute approximate surface area is 124 Å². The lowest BCUT2D eigenvalue weighted by Crippen LogP contribution is -2.42. The molecule has 0 aliphatic heterocycles. The average molecular weight is 326 g/mol. The fraction of sp³-hybridized carbons (Fsp3) is 0.625. The number of benzene rings is 1. The molecule has 0 spiro atoms. The molecule has 2 nitrogen and oxygen atoms in total. The molecule has 1 aromatic rings. The molecule has 2 rings (SSSR count). The third-order valence-corrected chi connectivity index (χ3v) is 5.06. The van der Waals surface area contributed by atoms with Gasteiger partial charge in [-0.3, -0.25) is 0 Å². The number of rotatable bonds is 3. The second-order valence-electron chi connectivity index (χ2n) is 6.56. The van der Waals surface area contributed by atoms with Crippen LogP contribution in [0.3, 0.4) is 0 Å². The van der Waals surface area contributed by atoms with Crippen LogP contribution < -0.4 is 5.32 Å². The topological polar surface area (TPSA) is 32.3 Å². The molecule has 1 aromatic carbocycles. The second kappa shape index (κ2) is 5.84. The molecular formula is C16H24BrNO. The second-order valence-corrected chi connectivity index (χ2v) is 7.42. The van der Waals surface area contributed by atoms with Crippen molar-refractivity contribution in [3.05, 3.63) is 28.7 Å². The highest BCUT2D eigenvalue weighted by Crippen LogP contribution is 2.40. The average Bonchev–Trinajstić information content (AvgIpc) is 2.52. The number of anilines is 1. The minimum Gasteiger partial charge on any atom is -0.394 e. The smallest absolute Gasteiger partial charge is 0.0661 e. The molecular weight excluding hydrogens is 302 g/mol. The van der Waals surface area contributed by atoms with Crippen molar-refractivity contribution >= 4 is 21.6 Å². The summed E-state index contributed by atoms with van der Waals surface area (Å²) in [5.41, 5.74) is 1.31. The highest BCUT2D eigenvalue weighted by atomic mass is 79.9. The quantitative estimate of drug-likeness (QED) is 0.797. The first kappa shape index (κ1) is 14.9. The van der Waals surface area contributed by atoms with Gasteiger partial charge in [0.25, 0.3) is 0 Å². The molecule has 0 saturated heterocycles. The summed E-state index contributed by atoms with van der Waals surface area (Å²) in [6.07, 6.45) is 5.63. The van der Waals surface area contributed by atoms with Crippen molar-refractivity contribution in [2.75, 3.05) is 11.9 Å². The van der Waals surface area contributed by atoms with Crippen LogP contribution >= 0.6 is 15.9 Å². The standard InChI is InChI=1S/C16H24BrNO/c1-15(2)8-5-9-16(12-19,11-10-15)18-14-7-4-3-6-13(14)17/h3-4,6-7,18-19H,5,8-12H2,1-2H3. The van der Waals surface area contributed by atoms with Gasteiger partial charge in [-0.15, -0.1) is 0 Å². The zero-order chi connectivity index (χ0) is 13.9. The van der Waals surface area contributed by atoms with Gasteiger partial charge in [0.2, 0.25) is 0 Å². The van der Waals surface area contributed by atoms with E-state index in [4.69, 9.17) is 0 Å². The number of para-hydroxylation sites is 1. The molecule has 3 heteroatoms. The predicted molar refractivity (Wildman–Crippen MR) is 84.4 cm³/mol. The Morgan fingerprint density at radius 2 is 1.89 bits per heavy atom. The molecule has 0 radical (unpaired) electrons. The fourth-order valence-electron chi connectivity index (χ4n) is 2.90. The Morgan fingerprint density at radius 3 is 2.58 bits per heavy atom. The van der Waals surface area contributed by atoms with E-state index < -0.39 is 0 Å². The number of hydrogen-bond acceptors (Lipinski definition) is 2. The molecule has 0 aromatic heterocycles. The number of aliphatic hydroxyl groups is 1. The number of hydrogen-bond donors (Lipinski definition) is 2. The van der Waals surface area contributed by atoms with E-state index in [0.717, 1.165) is 29.4 Å². The van der Waals surface area contributed by atoms with Crippen LogP contribution in [0.5, 0.6) is 0 Å². The van der Waals surface area contributed by atoms with Crippen LogP contribution in [0.4, 0.5) is 5.69 Å². The Bertz CT molecular complexity index is 433. The Morgan fingerprint density at radius 1 is 1.16 bits per heavy atom. The van der Waals surface area contributed by atoms with Crippen molar-refractivity contribution < 1.29 is 5.11 Å². The summed E-state index contributed by atoms with van der Waals surface area (Å²) < 4.78 is 1.06. The minimum atomic E-state index is -0.169. The zero-order valence-electron chi connectivity index (χ0n) is 11.9. The highest BCUT2D eigenvalue weighted by molar-refractivity contribution is 9.10. The lowest BCUT2D eigenvalue weighted by Gasteiger charge is -2.34. The van der Waals surface area contributed by atoms with E-state index in [1.807, 2.05) is 18.2 Å². The maximum absolute atomic E-state index is 9.91. The third kappa shape index (κ3) is 3.73. The largest absolute Gasteiger partial charge is 0.394 e. The monoisotopic (exact) mass is 325 g/mol. The number of aliphatic hydroxyl groups excluding tert-OH is 1. The summed E-state index contributed by atoms with van der Waals surface area (Å²) in [4.78, 5) is 0. The Kier molecular flexibility index (Phi) is 4.57. The maximum atomic E-state index is 9.91. The molecule has 1 unspecified atom stereocenters. The summed E-state index contributed by atoms with van der Waals surface area (Å²) in [6, 6.07) is 8.14. The molecule has 2 N–H and O–H groups in total. The van der Waals surface area contributed by atoms with Crippen molar-refractivity contribution in [2.45, 2.75) is 51.5 Å². The van der Waals surface area contributed by atoms with Gasteiger partial charge in [0.15, 0.2) is 0 Å². The lowest BCUT2D eigenvalue weighted by atomic mass is 9.83. The third-order valence-electron chi connectivity index (χ3n) is 4.37. The minimum absolute atomic E-state index is 0.169. The van der Waals surface area contributed by atoms with Gasteiger partial charge in [-0.25, -0.2) is 0 Å². The van der Waals surface area contributed by atoms with Crippen molar-refractivity contribution in [1.29, 1.82) is 0 Å². The van der Waals surface area contributed by atoms with Gasteiger partial charge in [-0.1, -0.05) is 32.4 Å². The summed E-state index contributed by atoms with van der Waals surface area (Å²) in [6.45, 7) is 4.86. The molecule has 1 saturated carbocycles. The van der Waals surface area contributed by atoms with E-state index in [1.165, 1.54) is 12.8 Å². The van der Waals surface area contributed by atoms with Gasteiger partial charge in [-0.05, 0) is 59.2 Å².